The number of methoxy groups -OCH3 is 1. The topological polar surface area (TPSA) is 130 Å². The zero-order valence-electron chi connectivity index (χ0n) is 29.9. The average Bonchev–Trinajstić information content (AvgIpc) is 3.21. The number of thioether (sulfide) groups is 1. The standard InChI is InChI=1S/C43H40N3O6PS/c1-30(47)39-40(37(22-25-44)38(48)29-54-36-23-26-45-27-24-36)46(41(39)49)42(43(50)52-28-31-18-20-32(51-2)21-19-31)53(33-12-6-3-7-13-33,34-14-8-4-9-15-34)35-16-10-5-11-17-35/h3-21,23-24,26-27,30,37,39-40,47H,22,28-29H2,1-2H3/t30-,37+,39-,40-/m1/s1. The highest BCUT2D eigenvalue weighted by Crippen LogP contribution is 2.51. The highest BCUT2D eigenvalue weighted by atomic mass is 32.2. The Labute approximate surface area is 319 Å². The van der Waals surface area contributed by atoms with Crippen molar-refractivity contribution >= 4 is 57.6 Å². The normalized spacial score (nSPS) is 16.3. The minimum absolute atomic E-state index is 0.00894. The number of aliphatic hydroxyl groups is 1. The van der Waals surface area contributed by atoms with Crippen LogP contribution in [0.2, 0.25) is 0 Å². The second-order valence-electron chi connectivity index (χ2n) is 12.8. The second kappa shape index (κ2) is 17.6. The molecule has 0 spiro atoms. The van der Waals surface area contributed by atoms with E-state index in [2.05, 4.69) is 11.1 Å². The third-order valence-corrected chi connectivity index (χ3v) is 14.9. The van der Waals surface area contributed by atoms with Crippen molar-refractivity contribution in [3.63, 3.8) is 0 Å². The number of ketones is 1. The Kier molecular flexibility index (Phi) is 12.5. The molecular weight excluding hydrogens is 718 g/mol. The lowest BCUT2D eigenvalue weighted by molar-refractivity contribution is -0.162. The summed E-state index contributed by atoms with van der Waals surface area (Å²) in [5.41, 5.74) is 0.773. The Morgan fingerprint density at radius 2 is 1.41 bits per heavy atom. The largest absolute Gasteiger partial charge is 0.497 e. The van der Waals surface area contributed by atoms with Gasteiger partial charge in [-0.05, 0) is 52.7 Å². The van der Waals surface area contributed by atoms with E-state index in [1.807, 2.05) is 91.0 Å². The van der Waals surface area contributed by atoms with E-state index in [1.165, 1.54) is 23.6 Å². The van der Waals surface area contributed by atoms with Gasteiger partial charge in [0.25, 0.3) is 0 Å². The van der Waals surface area contributed by atoms with Crippen molar-refractivity contribution in [1.29, 1.82) is 5.26 Å². The van der Waals surface area contributed by atoms with E-state index in [-0.39, 0.29) is 30.0 Å². The fraction of sp³-hybridized carbons (Fsp3) is 0.209. The molecule has 1 aromatic heterocycles. The highest BCUT2D eigenvalue weighted by Gasteiger charge is 2.58. The SMILES string of the molecule is COc1ccc(COC(=O)C(N2C(=O)[C@H]([C@@H](C)O)[C@H]2[C@@H](CC#N)C(=O)CSc2ccncc2)=P(c2ccccc2)(c2ccccc2)c2ccccc2)cc1. The number of hydrogen-bond donors (Lipinski definition) is 1. The van der Waals surface area contributed by atoms with Gasteiger partial charge in [-0.3, -0.25) is 14.6 Å². The molecule has 0 bridgehead atoms. The van der Waals surface area contributed by atoms with E-state index in [4.69, 9.17) is 9.47 Å². The third kappa shape index (κ3) is 7.76. The molecule has 2 heterocycles. The Hall–Kier alpha value is -5.46. The van der Waals surface area contributed by atoms with Gasteiger partial charge in [-0.25, -0.2) is 4.79 Å². The Balaban J connectivity index is 1.61. The van der Waals surface area contributed by atoms with Crippen LogP contribution < -0.4 is 20.7 Å². The lowest BCUT2D eigenvalue weighted by atomic mass is 9.73. The third-order valence-electron chi connectivity index (χ3n) is 9.56. The van der Waals surface area contributed by atoms with Gasteiger partial charge in [0.05, 0.1) is 42.9 Å². The van der Waals surface area contributed by atoms with E-state index < -0.39 is 42.7 Å². The molecule has 1 saturated heterocycles. The Bertz CT molecular complexity index is 2060. The molecule has 274 valence electrons. The molecule has 0 radical (unpaired) electrons. The van der Waals surface area contributed by atoms with E-state index in [0.717, 1.165) is 20.8 Å². The monoisotopic (exact) mass is 757 g/mol. The smallest absolute Gasteiger partial charge is 0.356 e. The fourth-order valence-corrected chi connectivity index (χ4v) is 12.2. The van der Waals surface area contributed by atoms with Crippen LogP contribution in [0.5, 0.6) is 5.75 Å². The van der Waals surface area contributed by atoms with Gasteiger partial charge in [0, 0.05) is 30.6 Å². The van der Waals surface area contributed by atoms with Crippen LogP contribution in [0.25, 0.3) is 0 Å². The first-order chi connectivity index (χ1) is 26.3. The number of ether oxygens (including phenoxy) is 2. The van der Waals surface area contributed by atoms with Gasteiger partial charge < -0.3 is 19.5 Å². The van der Waals surface area contributed by atoms with Crippen molar-refractivity contribution in [3.05, 3.63) is 145 Å². The number of rotatable bonds is 15. The van der Waals surface area contributed by atoms with E-state index in [1.54, 1.807) is 55.9 Å². The molecule has 0 saturated carbocycles. The molecule has 1 N–H and O–H groups in total. The number of carbonyl (C=O) groups is 3. The molecule has 11 heteroatoms. The van der Waals surface area contributed by atoms with E-state index in [0.29, 0.717) is 11.3 Å². The number of aromatic nitrogens is 1. The lowest BCUT2D eigenvalue weighted by Gasteiger charge is -2.53. The highest BCUT2D eigenvalue weighted by molar-refractivity contribution is 8.00. The molecule has 1 aliphatic rings. The minimum Gasteiger partial charge on any atom is -0.497 e. The molecule has 0 aliphatic carbocycles. The van der Waals surface area contributed by atoms with Crippen LogP contribution in [0.1, 0.15) is 18.9 Å². The van der Waals surface area contributed by atoms with Crippen LogP contribution in [0.4, 0.5) is 0 Å². The number of aliphatic hydroxyl groups excluding tert-OH is 1. The van der Waals surface area contributed by atoms with E-state index in [9.17, 15) is 20.0 Å². The van der Waals surface area contributed by atoms with Crippen molar-refractivity contribution in [3.8, 4) is 11.8 Å². The molecule has 6 rings (SSSR count). The average molecular weight is 758 g/mol. The number of hydrogen-bond acceptors (Lipinski definition) is 9. The van der Waals surface area contributed by atoms with E-state index >= 15 is 4.79 Å². The number of β-lactam (4-membered cyclic amide) rings is 1. The summed E-state index contributed by atoms with van der Waals surface area (Å²) in [6.45, 7) is -1.93. The van der Waals surface area contributed by atoms with Crippen LogP contribution in [-0.4, -0.2) is 63.1 Å². The first kappa shape index (κ1) is 38.3. The van der Waals surface area contributed by atoms with Gasteiger partial charge in [-0.15, -0.1) is 11.8 Å². The predicted molar refractivity (Wildman–Crippen MR) is 212 cm³/mol. The molecule has 54 heavy (non-hydrogen) atoms. The number of carbonyl (C=O) groups excluding carboxylic acids is 3. The number of esters is 1. The maximum Gasteiger partial charge on any atom is 0.356 e. The molecule has 5 aromatic rings. The first-order valence-corrected chi connectivity index (χ1v) is 20.3. The number of likely N-dealkylation sites (tertiary alicyclic amines) is 1. The van der Waals surface area contributed by atoms with Gasteiger partial charge in [0.1, 0.15) is 23.6 Å². The molecule has 4 aromatic carbocycles. The number of amides is 1. The van der Waals surface area contributed by atoms with Crippen molar-refractivity contribution in [1.82, 2.24) is 9.88 Å². The zero-order chi connectivity index (χ0) is 38.1. The minimum atomic E-state index is -3.32. The van der Waals surface area contributed by atoms with Crippen LogP contribution >= 0.6 is 18.6 Å². The van der Waals surface area contributed by atoms with Crippen molar-refractivity contribution in [2.24, 2.45) is 11.8 Å². The van der Waals surface area contributed by atoms with Crippen LogP contribution in [0.3, 0.4) is 0 Å². The summed E-state index contributed by atoms with van der Waals surface area (Å²) < 4.78 is 11.5. The fourth-order valence-electron chi connectivity index (χ4n) is 7.02. The molecule has 9 nitrogen and oxygen atoms in total. The molecular formula is C43H40N3O6PS. The van der Waals surface area contributed by atoms with Gasteiger partial charge in [0.15, 0.2) is 0 Å². The summed E-state index contributed by atoms with van der Waals surface area (Å²) in [5.74, 6) is -2.95. The second-order valence-corrected chi connectivity index (χ2v) is 17.2. The summed E-state index contributed by atoms with van der Waals surface area (Å²) >= 11 is 1.30. The summed E-state index contributed by atoms with van der Waals surface area (Å²) in [7, 11) is 1.57. The number of pyridine rings is 1. The number of nitriles is 1. The number of benzene rings is 4. The summed E-state index contributed by atoms with van der Waals surface area (Å²) in [6.07, 6.45) is 1.87. The van der Waals surface area contributed by atoms with Crippen LogP contribution in [0, 0.1) is 23.2 Å². The maximum absolute atomic E-state index is 15.2. The lowest BCUT2D eigenvalue weighted by Crippen LogP contribution is -2.71. The van der Waals surface area contributed by atoms with Gasteiger partial charge in [0.2, 0.25) is 5.91 Å². The van der Waals surface area contributed by atoms with Crippen molar-refractivity contribution in [2.75, 3.05) is 12.9 Å². The predicted octanol–water partition coefficient (Wildman–Crippen LogP) is 5.36. The molecule has 0 unspecified atom stereocenters. The maximum atomic E-state index is 15.2. The molecule has 1 aliphatic heterocycles. The summed E-state index contributed by atoms with van der Waals surface area (Å²) in [6, 6.07) is 40.5. The molecule has 1 amide bonds. The molecule has 1 fully saturated rings. The first-order valence-electron chi connectivity index (χ1n) is 17.5. The quantitative estimate of drug-likeness (QED) is 0.0650. The summed E-state index contributed by atoms with van der Waals surface area (Å²) in [4.78, 5) is 50.4. The van der Waals surface area contributed by atoms with Crippen LogP contribution in [0.15, 0.2) is 145 Å². The van der Waals surface area contributed by atoms with Crippen LogP contribution in [-0.2, 0) is 25.7 Å². The van der Waals surface area contributed by atoms with Crippen molar-refractivity contribution < 1.29 is 29.0 Å². The molecule has 4 atom stereocenters. The zero-order valence-corrected chi connectivity index (χ0v) is 31.6. The summed E-state index contributed by atoms with van der Waals surface area (Å²) in [5, 5.41) is 23.6. The van der Waals surface area contributed by atoms with Gasteiger partial charge >= 0.3 is 5.97 Å². The van der Waals surface area contributed by atoms with Gasteiger partial charge in [-0.1, -0.05) is 103 Å². The Morgan fingerprint density at radius 1 is 0.870 bits per heavy atom. The number of nitrogens with zero attached hydrogens (tertiary/aromatic N) is 3. The Morgan fingerprint density at radius 3 is 1.89 bits per heavy atom. The van der Waals surface area contributed by atoms with Gasteiger partial charge in [-0.2, -0.15) is 5.26 Å². The van der Waals surface area contributed by atoms with Crippen molar-refractivity contribution in [2.45, 2.75) is 37.0 Å². The number of Topliss-reactive ketones (excluding diaryl/α,β-unsaturated/α-hetero) is 1.